The summed E-state index contributed by atoms with van der Waals surface area (Å²) >= 11 is 1.48. The van der Waals surface area contributed by atoms with E-state index >= 15 is 0 Å². The second kappa shape index (κ2) is 6.08. The van der Waals surface area contributed by atoms with Gasteiger partial charge in [0, 0.05) is 17.5 Å². The largest absolute Gasteiger partial charge is 0.387 e. The van der Waals surface area contributed by atoms with E-state index in [-0.39, 0.29) is 12.5 Å². The summed E-state index contributed by atoms with van der Waals surface area (Å²) in [5.74, 6) is -0.156. The SMILES string of the molecule is O=C(NCC(O)c1ccc2ccccc2c1)c1ccsc1. The van der Waals surface area contributed by atoms with Crippen LogP contribution in [0.1, 0.15) is 22.0 Å². The first-order valence-corrected chi connectivity index (χ1v) is 7.65. The molecule has 0 aliphatic carbocycles. The third-order valence-electron chi connectivity index (χ3n) is 3.40. The van der Waals surface area contributed by atoms with Gasteiger partial charge < -0.3 is 10.4 Å². The summed E-state index contributed by atoms with van der Waals surface area (Å²) in [6.45, 7) is 0.201. The summed E-state index contributed by atoms with van der Waals surface area (Å²) in [5, 5.41) is 18.8. The minimum atomic E-state index is -0.711. The van der Waals surface area contributed by atoms with E-state index in [9.17, 15) is 9.90 Å². The number of fused-ring (bicyclic) bond motifs is 1. The van der Waals surface area contributed by atoms with Gasteiger partial charge in [-0.3, -0.25) is 4.79 Å². The molecule has 1 unspecified atom stereocenters. The normalized spacial score (nSPS) is 12.2. The van der Waals surface area contributed by atoms with Crippen LogP contribution in [0.15, 0.2) is 59.3 Å². The first kappa shape index (κ1) is 13.8. The average molecular weight is 297 g/mol. The Bertz CT molecular complexity index is 752. The molecule has 0 aliphatic heterocycles. The number of carbonyl (C=O) groups is 1. The molecule has 0 aliphatic rings. The third kappa shape index (κ3) is 3.12. The molecular weight excluding hydrogens is 282 g/mol. The van der Waals surface area contributed by atoms with Gasteiger partial charge >= 0.3 is 0 Å². The van der Waals surface area contributed by atoms with Crippen LogP contribution in [-0.4, -0.2) is 17.6 Å². The van der Waals surface area contributed by atoms with Crippen molar-refractivity contribution >= 4 is 28.0 Å². The highest BCUT2D eigenvalue weighted by Crippen LogP contribution is 2.20. The van der Waals surface area contributed by atoms with Crippen molar-refractivity contribution in [1.82, 2.24) is 5.32 Å². The molecule has 1 aromatic heterocycles. The van der Waals surface area contributed by atoms with Crippen LogP contribution in [0.25, 0.3) is 10.8 Å². The van der Waals surface area contributed by atoms with Gasteiger partial charge in [0.2, 0.25) is 0 Å². The van der Waals surface area contributed by atoms with E-state index in [1.54, 1.807) is 11.4 Å². The van der Waals surface area contributed by atoms with Crippen molar-refractivity contribution in [1.29, 1.82) is 0 Å². The molecule has 3 aromatic rings. The predicted molar refractivity (Wildman–Crippen MR) is 85.6 cm³/mol. The van der Waals surface area contributed by atoms with Crippen LogP contribution in [0, 0.1) is 0 Å². The summed E-state index contributed by atoms with van der Waals surface area (Å²) < 4.78 is 0. The minimum Gasteiger partial charge on any atom is -0.387 e. The fraction of sp³-hybridized carbons (Fsp3) is 0.118. The lowest BCUT2D eigenvalue weighted by Crippen LogP contribution is -2.28. The zero-order valence-corrected chi connectivity index (χ0v) is 12.1. The molecule has 0 saturated heterocycles. The molecule has 106 valence electrons. The summed E-state index contributed by atoms with van der Waals surface area (Å²) in [4.78, 5) is 11.8. The quantitative estimate of drug-likeness (QED) is 0.775. The van der Waals surface area contributed by atoms with Crippen LogP contribution in [0.3, 0.4) is 0 Å². The number of thiophene rings is 1. The first-order valence-electron chi connectivity index (χ1n) is 6.71. The number of carbonyl (C=O) groups excluding carboxylic acids is 1. The summed E-state index contributed by atoms with van der Waals surface area (Å²) in [5.41, 5.74) is 1.44. The maximum absolute atomic E-state index is 11.8. The molecule has 0 spiro atoms. The highest BCUT2D eigenvalue weighted by molar-refractivity contribution is 7.08. The lowest BCUT2D eigenvalue weighted by Gasteiger charge is -2.13. The Morgan fingerprint density at radius 2 is 1.95 bits per heavy atom. The Hall–Kier alpha value is -2.17. The summed E-state index contributed by atoms with van der Waals surface area (Å²) in [7, 11) is 0. The average Bonchev–Trinajstić information content (AvgIpc) is 3.06. The molecule has 0 radical (unpaired) electrons. The van der Waals surface area contributed by atoms with Gasteiger partial charge in [-0.15, -0.1) is 0 Å². The van der Waals surface area contributed by atoms with Gasteiger partial charge in [0.05, 0.1) is 6.10 Å². The zero-order chi connectivity index (χ0) is 14.7. The van der Waals surface area contributed by atoms with Crippen molar-refractivity contribution in [3.8, 4) is 0 Å². The number of hydrogen-bond donors (Lipinski definition) is 2. The summed E-state index contributed by atoms with van der Waals surface area (Å²) in [6.07, 6.45) is -0.711. The summed E-state index contributed by atoms with van der Waals surface area (Å²) in [6, 6.07) is 15.6. The number of nitrogens with one attached hydrogen (secondary N) is 1. The van der Waals surface area contributed by atoms with Crippen LogP contribution in [0.4, 0.5) is 0 Å². The lowest BCUT2D eigenvalue weighted by atomic mass is 10.0. The number of benzene rings is 2. The molecule has 4 heteroatoms. The number of hydrogen-bond acceptors (Lipinski definition) is 3. The predicted octanol–water partition coefficient (Wildman–Crippen LogP) is 3.36. The van der Waals surface area contributed by atoms with Gasteiger partial charge in [-0.2, -0.15) is 11.3 Å². The Morgan fingerprint density at radius 3 is 2.71 bits per heavy atom. The van der Waals surface area contributed by atoms with E-state index in [1.807, 2.05) is 47.8 Å². The molecule has 2 aromatic carbocycles. The lowest BCUT2D eigenvalue weighted by molar-refractivity contribution is 0.0917. The van der Waals surface area contributed by atoms with Gasteiger partial charge in [-0.25, -0.2) is 0 Å². The van der Waals surface area contributed by atoms with Crippen molar-refractivity contribution in [2.45, 2.75) is 6.10 Å². The van der Waals surface area contributed by atoms with Crippen molar-refractivity contribution in [2.24, 2.45) is 0 Å². The molecule has 3 nitrogen and oxygen atoms in total. The van der Waals surface area contributed by atoms with Crippen LogP contribution in [0.5, 0.6) is 0 Å². The zero-order valence-electron chi connectivity index (χ0n) is 11.3. The Labute approximate surface area is 126 Å². The van der Waals surface area contributed by atoms with E-state index in [1.165, 1.54) is 11.3 Å². The molecule has 1 amide bonds. The number of aliphatic hydroxyl groups is 1. The molecule has 0 bridgehead atoms. The van der Waals surface area contributed by atoms with Crippen molar-refractivity contribution in [3.63, 3.8) is 0 Å². The fourth-order valence-electron chi connectivity index (χ4n) is 2.22. The Kier molecular flexibility index (Phi) is 3.99. The number of amides is 1. The minimum absolute atomic E-state index is 0.156. The van der Waals surface area contributed by atoms with Crippen LogP contribution >= 0.6 is 11.3 Å². The molecular formula is C17H15NO2S. The smallest absolute Gasteiger partial charge is 0.252 e. The second-order valence-corrected chi connectivity index (χ2v) is 5.62. The Balaban J connectivity index is 1.69. The number of aliphatic hydroxyl groups excluding tert-OH is 1. The number of rotatable bonds is 4. The van der Waals surface area contributed by atoms with Crippen LogP contribution in [-0.2, 0) is 0 Å². The van der Waals surface area contributed by atoms with Crippen molar-refractivity contribution < 1.29 is 9.90 Å². The van der Waals surface area contributed by atoms with Gasteiger partial charge in [-0.1, -0.05) is 36.4 Å². The van der Waals surface area contributed by atoms with Gasteiger partial charge in [-0.05, 0) is 33.8 Å². The highest BCUT2D eigenvalue weighted by atomic mass is 32.1. The second-order valence-electron chi connectivity index (χ2n) is 4.84. The fourth-order valence-corrected chi connectivity index (χ4v) is 2.85. The van der Waals surface area contributed by atoms with Gasteiger partial charge in [0.15, 0.2) is 0 Å². The monoisotopic (exact) mass is 297 g/mol. The maximum Gasteiger partial charge on any atom is 0.252 e. The third-order valence-corrected chi connectivity index (χ3v) is 4.08. The molecule has 0 saturated carbocycles. The highest BCUT2D eigenvalue weighted by Gasteiger charge is 2.11. The Morgan fingerprint density at radius 1 is 1.14 bits per heavy atom. The van der Waals surface area contributed by atoms with Crippen molar-refractivity contribution in [3.05, 3.63) is 70.4 Å². The first-order chi connectivity index (χ1) is 10.2. The van der Waals surface area contributed by atoms with E-state index in [0.29, 0.717) is 5.56 Å². The standard InChI is InChI=1S/C17H15NO2S/c19-16(10-18-17(20)15-7-8-21-11-15)14-6-5-12-3-1-2-4-13(12)9-14/h1-9,11,16,19H,10H2,(H,18,20). The molecule has 3 rings (SSSR count). The van der Waals surface area contributed by atoms with Crippen LogP contribution < -0.4 is 5.32 Å². The maximum atomic E-state index is 11.8. The van der Waals surface area contributed by atoms with Gasteiger partial charge in [0.25, 0.3) is 5.91 Å². The van der Waals surface area contributed by atoms with E-state index in [2.05, 4.69) is 5.32 Å². The topological polar surface area (TPSA) is 49.3 Å². The van der Waals surface area contributed by atoms with Crippen LogP contribution in [0.2, 0.25) is 0 Å². The van der Waals surface area contributed by atoms with E-state index in [0.717, 1.165) is 16.3 Å². The van der Waals surface area contributed by atoms with E-state index in [4.69, 9.17) is 0 Å². The molecule has 1 atom stereocenters. The van der Waals surface area contributed by atoms with Gasteiger partial charge in [0.1, 0.15) is 0 Å². The van der Waals surface area contributed by atoms with Crippen molar-refractivity contribution in [2.75, 3.05) is 6.54 Å². The molecule has 0 fully saturated rings. The van der Waals surface area contributed by atoms with E-state index < -0.39 is 6.10 Å². The molecule has 2 N–H and O–H groups in total. The molecule has 21 heavy (non-hydrogen) atoms. The molecule has 1 heterocycles.